The zero-order valence-corrected chi connectivity index (χ0v) is 16.8. The van der Waals surface area contributed by atoms with E-state index in [1.807, 2.05) is 6.07 Å². The van der Waals surface area contributed by atoms with E-state index in [4.69, 9.17) is 5.26 Å². The van der Waals surface area contributed by atoms with Gasteiger partial charge in [0.1, 0.15) is 11.3 Å². The highest BCUT2D eigenvalue weighted by Gasteiger charge is 2.37. The Bertz CT molecular complexity index is 1230. The molecule has 0 fully saturated rings. The third-order valence-corrected chi connectivity index (χ3v) is 5.40. The lowest BCUT2D eigenvalue weighted by Gasteiger charge is -2.19. The van der Waals surface area contributed by atoms with Gasteiger partial charge in [-0.2, -0.15) is 5.26 Å². The number of pyridine rings is 1. The second-order valence-corrected chi connectivity index (χ2v) is 7.40. The van der Waals surface area contributed by atoms with Crippen molar-refractivity contribution in [2.24, 2.45) is 0 Å². The molecule has 0 unspecified atom stereocenters. The number of amides is 2. The molecule has 3 aromatic rings. The highest BCUT2D eigenvalue weighted by atomic mass is 19.1. The fraction of sp³-hybridized carbons (Fsp3) is 0.217. The Morgan fingerprint density at radius 3 is 2.77 bits per heavy atom. The zero-order valence-electron chi connectivity index (χ0n) is 16.8. The number of phenols is 1. The van der Waals surface area contributed by atoms with Gasteiger partial charge in [-0.1, -0.05) is 18.2 Å². The van der Waals surface area contributed by atoms with E-state index in [1.165, 1.54) is 28.1 Å². The van der Waals surface area contributed by atoms with Gasteiger partial charge in [-0.05, 0) is 23.8 Å². The van der Waals surface area contributed by atoms with Crippen LogP contribution in [0.5, 0.6) is 5.75 Å². The van der Waals surface area contributed by atoms with E-state index in [1.54, 1.807) is 31.3 Å². The molecule has 2 aromatic carbocycles. The highest BCUT2D eigenvalue weighted by molar-refractivity contribution is 6.15. The molecule has 8 heteroatoms. The lowest BCUT2D eigenvalue weighted by Crippen LogP contribution is -2.29. The van der Waals surface area contributed by atoms with E-state index in [-0.39, 0.29) is 54.6 Å². The van der Waals surface area contributed by atoms with Crippen LogP contribution in [-0.2, 0) is 13.1 Å². The zero-order chi connectivity index (χ0) is 22.1. The van der Waals surface area contributed by atoms with Crippen LogP contribution in [0.3, 0.4) is 0 Å². The summed E-state index contributed by atoms with van der Waals surface area (Å²) in [6.07, 6.45) is 1.66. The van der Waals surface area contributed by atoms with Crippen LogP contribution in [0.25, 0.3) is 10.9 Å². The first kappa shape index (κ1) is 20.3. The number of aromatic nitrogens is 1. The summed E-state index contributed by atoms with van der Waals surface area (Å²) >= 11 is 0. The van der Waals surface area contributed by atoms with Gasteiger partial charge >= 0.3 is 0 Å². The minimum absolute atomic E-state index is 0.0605. The summed E-state index contributed by atoms with van der Waals surface area (Å²) < 4.78 is 13.2. The maximum Gasteiger partial charge on any atom is 0.258 e. The molecule has 2 amide bonds. The first-order valence-electron chi connectivity index (χ1n) is 9.71. The first-order valence-corrected chi connectivity index (χ1v) is 9.71. The number of nitrogens with zero attached hydrogens (tertiary/aromatic N) is 4. The van der Waals surface area contributed by atoms with E-state index in [9.17, 15) is 19.1 Å². The number of rotatable bonds is 5. The van der Waals surface area contributed by atoms with Crippen LogP contribution < -0.4 is 0 Å². The molecule has 0 aliphatic carbocycles. The predicted molar refractivity (Wildman–Crippen MR) is 111 cm³/mol. The van der Waals surface area contributed by atoms with Crippen molar-refractivity contribution in [3.05, 3.63) is 70.7 Å². The maximum absolute atomic E-state index is 13.3. The van der Waals surface area contributed by atoms with Crippen molar-refractivity contribution >= 4 is 22.7 Å². The number of fused-ring (bicyclic) bond motifs is 2. The summed E-state index contributed by atoms with van der Waals surface area (Å²) in [5.74, 6) is -1.39. The van der Waals surface area contributed by atoms with Gasteiger partial charge in [0.05, 0.1) is 23.6 Å². The standard InChI is InChI=1S/C23H19FN4O3/c1-27(11-3-9-25)22(30)18-16-4-2-10-26-20(16)21(29)19-17(18)13-28(23(19)31)12-14-5-7-15(24)8-6-14/h2,4-8,10,29H,3,11-13H2,1H3. The Kier molecular flexibility index (Phi) is 5.26. The van der Waals surface area contributed by atoms with Crippen LogP contribution in [-0.4, -0.2) is 45.3 Å². The third-order valence-electron chi connectivity index (χ3n) is 5.40. The molecular formula is C23H19FN4O3. The Morgan fingerprint density at radius 1 is 1.32 bits per heavy atom. The van der Waals surface area contributed by atoms with Crippen molar-refractivity contribution in [2.75, 3.05) is 13.6 Å². The van der Waals surface area contributed by atoms with Gasteiger partial charge in [-0.3, -0.25) is 14.6 Å². The van der Waals surface area contributed by atoms with Crippen molar-refractivity contribution in [1.29, 1.82) is 5.26 Å². The number of hydrogen-bond acceptors (Lipinski definition) is 5. The third kappa shape index (κ3) is 3.55. The van der Waals surface area contributed by atoms with E-state index in [0.29, 0.717) is 16.5 Å². The van der Waals surface area contributed by atoms with Gasteiger partial charge in [0.15, 0.2) is 5.75 Å². The Balaban J connectivity index is 1.81. The molecule has 7 nitrogen and oxygen atoms in total. The first-order chi connectivity index (χ1) is 14.9. The minimum Gasteiger partial charge on any atom is -0.505 e. The van der Waals surface area contributed by atoms with Gasteiger partial charge in [0, 0.05) is 43.8 Å². The Hall–Kier alpha value is -3.99. The Labute approximate surface area is 177 Å². The second-order valence-electron chi connectivity index (χ2n) is 7.40. The molecule has 0 saturated heterocycles. The van der Waals surface area contributed by atoms with Crippen LogP contribution in [0.4, 0.5) is 4.39 Å². The van der Waals surface area contributed by atoms with Crippen molar-refractivity contribution < 1.29 is 19.1 Å². The van der Waals surface area contributed by atoms with Gasteiger partial charge < -0.3 is 14.9 Å². The van der Waals surface area contributed by atoms with Crippen LogP contribution in [0.2, 0.25) is 0 Å². The summed E-state index contributed by atoms with van der Waals surface area (Å²) in [7, 11) is 1.59. The minimum atomic E-state index is -0.418. The predicted octanol–water partition coefficient (Wildman–Crippen LogP) is 3.22. The molecule has 1 aliphatic rings. The number of carbonyl (C=O) groups is 2. The molecule has 1 N–H and O–H groups in total. The summed E-state index contributed by atoms with van der Waals surface area (Å²) in [6, 6.07) is 11.2. The molecule has 0 radical (unpaired) electrons. The molecule has 31 heavy (non-hydrogen) atoms. The molecule has 1 aromatic heterocycles. The average molecular weight is 418 g/mol. The summed E-state index contributed by atoms with van der Waals surface area (Å²) in [6.45, 7) is 0.561. The van der Waals surface area contributed by atoms with Gasteiger partial charge in [-0.15, -0.1) is 0 Å². The quantitative estimate of drug-likeness (QED) is 0.686. The molecule has 0 saturated carbocycles. The van der Waals surface area contributed by atoms with Gasteiger partial charge in [-0.25, -0.2) is 4.39 Å². The van der Waals surface area contributed by atoms with E-state index in [2.05, 4.69) is 4.98 Å². The molecule has 2 heterocycles. The smallest absolute Gasteiger partial charge is 0.258 e. The molecule has 1 aliphatic heterocycles. The van der Waals surface area contributed by atoms with Crippen LogP contribution in [0, 0.1) is 17.1 Å². The number of benzene rings is 2. The molecule has 0 atom stereocenters. The SMILES string of the molecule is CN(CCC#N)C(=O)c1c2c(c(O)c3ncccc13)C(=O)N(Cc1ccc(F)cc1)C2. The topological polar surface area (TPSA) is 97.5 Å². The van der Waals surface area contributed by atoms with E-state index in [0.717, 1.165) is 5.56 Å². The van der Waals surface area contributed by atoms with Gasteiger partial charge in [0.25, 0.3) is 11.8 Å². The van der Waals surface area contributed by atoms with Gasteiger partial charge in [0.2, 0.25) is 0 Å². The molecule has 0 bridgehead atoms. The molecule has 4 rings (SSSR count). The number of carbonyl (C=O) groups excluding carboxylic acids is 2. The van der Waals surface area contributed by atoms with Crippen molar-refractivity contribution in [1.82, 2.24) is 14.8 Å². The molecular weight excluding hydrogens is 399 g/mol. The van der Waals surface area contributed by atoms with Crippen molar-refractivity contribution in [2.45, 2.75) is 19.5 Å². The number of phenolic OH excluding ortho intramolecular Hbond substituents is 1. The van der Waals surface area contributed by atoms with Crippen molar-refractivity contribution in [3.8, 4) is 11.8 Å². The fourth-order valence-corrected chi connectivity index (χ4v) is 3.85. The lowest BCUT2D eigenvalue weighted by molar-refractivity contribution is 0.0759. The van der Waals surface area contributed by atoms with Crippen LogP contribution >= 0.6 is 0 Å². The van der Waals surface area contributed by atoms with Crippen LogP contribution in [0.15, 0.2) is 42.6 Å². The number of hydrogen-bond donors (Lipinski definition) is 1. The molecule has 156 valence electrons. The summed E-state index contributed by atoms with van der Waals surface area (Å²) in [5, 5.41) is 20.1. The highest BCUT2D eigenvalue weighted by Crippen LogP contribution is 2.40. The monoisotopic (exact) mass is 418 g/mol. The Morgan fingerprint density at radius 2 is 2.06 bits per heavy atom. The number of aromatic hydroxyl groups is 1. The fourth-order valence-electron chi connectivity index (χ4n) is 3.85. The lowest BCUT2D eigenvalue weighted by atomic mass is 9.95. The largest absolute Gasteiger partial charge is 0.505 e. The summed E-state index contributed by atoms with van der Waals surface area (Å²) in [5.41, 5.74) is 1.69. The average Bonchev–Trinajstić information content (AvgIpc) is 3.09. The van der Waals surface area contributed by atoms with Crippen molar-refractivity contribution in [3.63, 3.8) is 0 Å². The van der Waals surface area contributed by atoms with Crippen LogP contribution in [0.1, 0.15) is 38.3 Å². The number of nitriles is 1. The van der Waals surface area contributed by atoms with E-state index < -0.39 is 5.91 Å². The number of halogens is 1. The maximum atomic E-state index is 13.3. The van der Waals surface area contributed by atoms with E-state index >= 15 is 0 Å². The normalized spacial score (nSPS) is 12.7. The molecule has 0 spiro atoms. The summed E-state index contributed by atoms with van der Waals surface area (Å²) in [4.78, 5) is 33.5. The second kappa shape index (κ2) is 8.03.